The van der Waals surface area contributed by atoms with Crippen LogP contribution in [0.15, 0.2) is 121 Å². The molecule has 5 heterocycles. The van der Waals surface area contributed by atoms with Crippen molar-refractivity contribution < 1.29 is 22.8 Å². The lowest BCUT2D eigenvalue weighted by Gasteiger charge is -2.50. The Labute approximate surface area is 727 Å². The van der Waals surface area contributed by atoms with E-state index in [1.165, 1.54) is 309 Å². The zero-order valence-electron chi connectivity index (χ0n) is 77.3. The molecule has 15 aliphatic rings. The van der Waals surface area contributed by atoms with E-state index in [0.717, 1.165) is 23.7 Å². The van der Waals surface area contributed by atoms with Crippen LogP contribution >= 0.6 is 0 Å². The Morgan fingerprint density at radius 3 is 0.843 bits per heavy atom. The highest BCUT2D eigenvalue weighted by molar-refractivity contribution is 5.75. The summed E-state index contributed by atoms with van der Waals surface area (Å²) in [6, 6.07) is 44.9. The maximum Gasteiger partial charge on any atom is 0.216 e. The molecule has 0 bridgehead atoms. The highest BCUT2D eigenvalue weighted by Crippen LogP contribution is 2.63. The van der Waals surface area contributed by atoms with Crippen LogP contribution in [0.3, 0.4) is 0 Å². The van der Waals surface area contributed by atoms with Crippen LogP contribution in [-0.4, -0.2) is 0 Å². The molecule has 0 N–H and O–H groups in total. The summed E-state index contributed by atoms with van der Waals surface area (Å²) in [5.74, 6) is 3.45. The lowest BCUT2D eigenvalue weighted by molar-refractivity contribution is -0.669. The van der Waals surface area contributed by atoms with Gasteiger partial charge in [-0.2, -0.15) is 22.8 Å². The Morgan fingerprint density at radius 1 is 0.215 bits per heavy atom. The molecule has 25 rings (SSSR count). The summed E-state index contributed by atoms with van der Waals surface area (Å²) in [4.78, 5) is 0. The van der Waals surface area contributed by atoms with Crippen molar-refractivity contribution in [1.82, 2.24) is 0 Å². The van der Waals surface area contributed by atoms with Crippen molar-refractivity contribution in [1.29, 1.82) is 0 Å². The van der Waals surface area contributed by atoms with Gasteiger partial charge in [0.15, 0.2) is 28.5 Å². The van der Waals surface area contributed by atoms with Crippen molar-refractivity contribution in [3.05, 3.63) is 261 Å². The predicted octanol–water partition coefficient (Wildman–Crippen LogP) is 24.7. The number of pyridine rings is 5. The molecule has 121 heavy (non-hydrogen) atoms. The van der Waals surface area contributed by atoms with Crippen LogP contribution in [0.5, 0.6) is 0 Å². The summed E-state index contributed by atoms with van der Waals surface area (Å²) in [5, 5.41) is 0. The standard InChI is InChI=1S/C25H32N.2C24H30N.C22H26N.C21H24N/c1-17-9-5-6-10-18(17)23-19-11-7-13-24(2)15-16-25(3)14-8-12-20(26(23)4)22(25)21(19)24;1-16-8-5-6-9-17(16)22-18-11-13-24(3)15-14-23(2)12-7-10-19(25(22)4)21(23)20(18)24;1-16-8-5-6-9-17(16)22-18-10-7-12-23(2)14-15-24(3)13-11-19(25(22)4)21(24)20(18)23;1-14-6-3-4-8-17(14)22-18-13-12-16-11-10-15-7-5-9-19(23(22)2)21(15)20(16)18;1-13-5-3-4-6-16(13)21-17-11-9-14-7-8-15-10-12-18(22(21)2)20(15)19(14)17/h5-6,9-10H,7-8,11-16H2,1-4H3;2*5-6,8-9H,7,10-15H2,1-4H3;3-4,6,8,15-16H,5,7,9-13H2,1-2H3;3-6,14-15H,7-12H2,1-2H3/q5*+1. The molecule has 0 amide bonds. The van der Waals surface area contributed by atoms with Gasteiger partial charge in [0.05, 0.1) is 0 Å². The minimum atomic E-state index is 0.403. The minimum Gasteiger partial charge on any atom is -0.198 e. The first kappa shape index (κ1) is 80.0. The van der Waals surface area contributed by atoms with E-state index in [2.05, 4.69) is 256 Å². The first-order valence-electron chi connectivity index (χ1n) is 49.1. The van der Waals surface area contributed by atoms with Gasteiger partial charge in [-0.3, -0.25) is 0 Å². The number of hydrogen-bond donors (Lipinski definition) is 0. The fourth-order valence-electron chi connectivity index (χ4n) is 30.4. The zero-order valence-corrected chi connectivity index (χ0v) is 77.3. The molecule has 0 saturated heterocycles. The van der Waals surface area contributed by atoms with Gasteiger partial charge in [-0.25, -0.2) is 0 Å². The monoisotopic (exact) mass is 1610 g/mol. The minimum absolute atomic E-state index is 0.403. The third kappa shape index (κ3) is 12.3. The van der Waals surface area contributed by atoms with Gasteiger partial charge in [-0.15, -0.1) is 0 Å². The van der Waals surface area contributed by atoms with Crippen LogP contribution in [0.4, 0.5) is 0 Å². The molecule has 10 atom stereocenters. The van der Waals surface area contributed by atoms with E-state index >= 15 is 0 Å². The molecule has 0 saturated carbocycles. The average Bonchev–Trinajstić information content (AvgIpc) is 1.67. The van der Waals surface area contributed by atoms with Crippen molar-refractivity contribution in [2.45, 2.75) is 357 Å². The molecule has 15 aliphatic carbocycles. The van der Waals surface area contributed by atoms with Crippen molar-refractivity contribution in [3.8, 4) is 56.3 Å². The number of nitrogens with zero attached hydrogens (tertiary/aromatic N) is 5. The van der Waals surface area contributed by atoms with Crippen LogP contribution in [-0.2, 0) is 132 Å². The Bertz CT molecular complexity index is 5960. The second kappa shape index (κ2) is 29.8. The third-order valence-corrected chi connectivity index (χ3v) is 36.8. The SMILES string of the molecule is Cc1ccccc1-c1c2c3c4c([n+]1C)CCC4(C)CCC3(C)CCC2.Cc1ccccc1-c1c2c3c4c([n+]1C)CCC4CCC3CC2.Cc1ccccc1-c1c2c3c4c([n+]1C)CCCC4(C)CCC3(C)CC2.Cc1ccccc1-c1c2c3c4c([n+]1C)CCCC4(C)CCC3(C)CCC2.Cc1ccccc1-c1c2c3c4c([n+]1C)CCCC4CCC3CC2. The molecule has 0 fully saturated rings. The molecule has 5 nitrogen and oxygen atoms in total. The van der Waals surface area contributed by atoms with Crippen molar-refractivity contribution in [3.63, 3.8) is 0 Å². The Hall–Kier alpha value is -8.15. The number of hydrogen-bond acceptors (Lipinski definition) is 0. The molecular weight excluding hydrogens is 1460 g/mol. The average molecular weight is 1610 g/mol. The largest absolute Gasteiger partial charge is 0.216 e. The van der Waals surface area contributed by atoms with Crippen LogP contribution < -0.4 is 22.8 Å². The van der Waals surface area contributed by atoms with E-state index < -0.39 is 0 Å². The van der Waals surface area contributed by atoms with Gasteiger partial charge in [0.1, 0.15) is 35.2 Å². The third-order valence-electron chi connectivity index (χ3n) is 36.8. The number of aryl methyl sites for hydroxylation is 5. The molecule has 5 aromatic carbocycles. The zero-order chi connectivity index (χ0) is 83.3. The second-order valence-corrected chi connectivity index (χ2v) is 43.9. The van der Waals surface area contributed by atoms with Crippen LogP contribution in [0.25, 0.3) is 56.3 Å². The molecule has 0 aliphatic heterocycles. The first-order valence-corrected chi connectivity index (χ1v) is 49.1. The Kier molecular flexibility index (Phi) is 19.7. The molecule has 10 aromatic rings. The fraction of sp³-hybridized carbons (Fsp3) is 0.526. The first-order chi connectivity index (χ1) is 58.3. The maximum absolute atomic E-state index is 2.60. The highest BCUT2D eigenvalue weighted by atomic mass is 15.0. The van der Waals surface area contributed by atoms with Crippen molar-refractivity contribution in [2.24, 2.45) is 35.2 Å². The van der Waals surface area contributed by atoms with Crippen molar-refractivity contribution in [2.75, 3.05) is 0 Å². The van der Waals surface area contributed by atoms with Crippen LogP contribution in [0, 0.1) is 34.6 Å². The van der Waals surface area contributed by atoms with Gasteiger partial charge in [0.2, 0.25) is 28.5 Å². The Balaban J connectivity index is 0.0000000935. The molecule has 5 aromatic heterocycles. The summed E-state index contributed by atoms with van der Waals surface area (Å²) in [7, 11) is 11.7. The van der Waals surface area contributed by atoms with Gasteiger partial charge in [-0.1, -0.05) is 133 Å². The van der Waals surface area contributed by atoms with Gasteiger partial charge in [-0.05, 0) is 369 Å². The lowest BCUT2D eigenvalue weighted by atomic mass is 9.54. The smallest absolute Gasteiger partial charge is 0.198 e. The normalized spacial score (nSPS) is 27.7. The summed E-state index contributed by atoms with van der Waals surface area (Å²) < 4.78 is 12.9. The van der Waals surface area contributed by atoms with Gasteiger partial charge in [0.25, 0.3) is 0 Å². The summed E-state index contributed by atoms with van der Waals surface area (Å²) in [6.45, 7) is 26.7. The van der Waals surface area contributed by atoms with Gasteiger partial charge < -0.3 is 0 Å². The fourth-order valence-corrected chi connectivity index (χ4v) is 30.4. The second-order valence-electron chi connectivity index (χ2n) is 43.9. The molecule has 0 spiro atoms. The van der Waals surface area contributed by atoms with E-state index in [1.54, 1.807) is 112 Å². The van der Waals surface area contributed by atoms with E-state index in [9.17, 15) is 0 Å². The quantitative estimate of drug-likeness (QED) is 0.153. The van der Waals surface area contributed by atoms with Gasteiger partial charge >= 0.3 is 0 Å². The summed E-state index contributed by atoms with van der Waals surface area (Å²) >= 11 is 0. The topological polar surface area (TPSA) is 19.4 Å². The van der Waals surface area contributed by atoms with E-state index in [1.807, 2.05) is 0 Å². The van der Waals surface area contributed by atoms with E-state index in [-0.39, 0.29) is 0 Å². The van der Waals surface area contributed by atoms with E-state index in [4.69, 9.17) is 0 Å². The summed E-state index contributed by atoms with van der Waals surface area (Å²) in [6.07, 6.45) is 47.3. The van der Waals surface area contributed by atoms with Crippen molar-refractivity contribution >= 4 is 0 Å². The Morgan fingerprint density at radius 2 is 0.471 bits per heavy atom. The number of aromatic nitrogens is 5. The summed E-state index contributed by atoms with van der Waals surface area (Å²) in [5.41, 5.74) is 58.8. The molecule has 10 unspecified atom stereocenters. The van der Waals surface area contributed by atoms with Crippen LogP contribution in [0.2, 0.25) is 0 Å². The predicted molar refractivity (Wildman–Crippen MR) is 496 cm³/mol. The number of benzene rings is 5. The van der Waals surface area contributed by atoms with E-state index in [0.29, 0.717) is 32.5 Å². The maximum atomic E-state index is 2.60. The molecule has 0 radical (unpaired) electrons. The highest BCUT2D eigenvalue weighted by Gasteiger charge is 2.57. The molecule has 626 valence electrons. The van der Waals surface area contributed by atoms with Crippen LogP contribution in [0.1, 0.15) is 365 Å². The lowest BCUT2D eigenvalue weighted by Crippen LogP contribution is -2.50. The molecular formula is C116H142N5+5. The van der Waals surface area contributed by atoms with Gasteiger partial charge in [0, 0.05) is 116 Å². The number of rotatable bonds is 5. The molecule has 5 heteroatoms.